The third kappa shape index (κ3) is 5.40. The molecule has 23 heavy (non-hydrogen) atoms. The summed E-state index contributed by atoms with van der Waals surface area (Å²) in [6, 6.07) is 7.10. The third-order valence-corrected chi connectivity index (χ3v) is 4.25. The molecule has 128 valence electrons. The first-order valence-electron chi connectivity index (χ1n) is 7.33. The lowest BCUT2D eigenvalue weighted by molar-refractivity contribution is -0.212. The summed E-state index contributed by atoms with van der Waals surface area (Å²) in [6.45, 7) is 8.64. The predicted molar refractivity (Wildman–Crippen MR) is 92.1 cm³/mol. The molecule has 0 atom stereocenters. The second kappa shape index (κ2) is 7.54. The molecule has 0 saturated heterocycles. The number of hydroxylamine groups is 2. The van der Waals surface area contributed by atoms with E-state index in [0.29, 0.717) is 10.6 Å². The third-order valence-electron chi connectivity index (χ3n) is 3.22. The standard InChI is InChI=1S/C17H23Cl2NO3/c1-16(2,3)15(22)23-20(14(21)17(4,5)11-18)10-12-8-6-7-9-13(12)19/h6-9H,10-11H2,1-5H3. The van der Waals surface area contributed by atoms with Crippen molar-refractivity contribution < 1.29 is 14.4 Å². The number of hydrogen-bond donors (Lipinski definition) is 0. The van der Waals surface area contributed by atoms with Crippen molar-refractivity contribution in [2.75, 3.05) is 5.88 Å². The van der Waals surface area contributed by atoms with E-state index >= 15 is 0 Å². The molecule has 0 unspecified atom stereocenters. The number of halogens is 2. The highest BCUT2D eigenvalue weighted by atomic mass is 35.5. The van der Waals surface area contributed by atoms with Gasteiger partial charge in [-0.05, 0) is 46.2 Å². The van der Waals surface area contributed by atoms with Crippen LogP contribution >= 0.6 is 23.2 Å². The van der Waals surface area contributed by atoms with Crippen LogP contribution in [0.15, 0.2) is 24.3 Å². The number of carbonyl (C=O) groups excluding carboxylic acids is 2. The van der Waals surface area contributed by atoms with Crippen LogP contribution in [0.1, 0.15) is 40.2 Å². The monoisotopic (exact) mass is 359 g/mol. The minimum Gasteiger partial charge on any atom is -0.337 e. The highest BCUT2D eigenvalue weighted by Gasteiger charge is 2.36. The summed E-state index contributed by atoms with van der Waals surface area (Å²) in [4.78, 5) is 30.2. The fourth-order valence-corrected chi connectivity index (χ4v) is 1.87. The molecule has 0 fully saturated rings. The van der Waals surface area contributed by atoms with Crippen molar-refractivity contribution in [3.05, 3.63) is 34.9 Å². The van der Waals surface area contributed by atoms with Gasteiger partial charge in [-0.25, -0.2) is 4.79 Å². The minimum absolute atomic E-state index is 0.0701. The zero-order valence-electron chi connectivity index (χ0n) is 14.2. The van der Waals surface area contributed by atoms with E-state index in [1.54, 1.807) is 52.8 Å². The second-order valence-corrected chi connectivity index (χ2v) is 7.75. The Hall–Kier alpha value is -1.26. The number of carbonyl (C=O) groups is 2. The van der Waals surface area contributed by atoms with E-state index in [1.807, 2.05) is 6.07 Å². The maximum absolute atomic E-state index is 12.7. The van der Waals surface area contributed by atoms with Gasteiger partial charge in [-0.15, -0.1) is 11.6 Å². The molecule has 1 aromatic carbocycles. The molecule has 0 aliphatic rings. The van der Waals surface area contributed by atoms with E-state index in [9.17, 15) is 9.59 Å². The first kappa shape index (κ1) is 19.8. The normalized spacial score (nSPS) is 12.0. The fraction of sp³-hybridized carbons (Fsp3) is 0.529. The Labute approximate surface area is 147 Å². The van der Waals surface area contributed by atoms with Gasteiger partial charge in [0.25, 0.3) is 5.91 Å². The summed E-state index contributed by atoms with van der Waals surface area (Å²) >= 11 is 12.0. The summed E-state index contributed by atoms with van der Waals surface area (Å²) in [5.74, 6) is -0.758. The lowest BCUT2D eigenvalue weighted by Crippen LogP contribution is -2.44. The first-order valence-corrected chi connectivity index (χ1v) is 8.24. The van der Waals surface area contributed by atoms with Gasteiger partial charge in [0.1, 0.15) is 0 Å². The van der Waals surface area contributed by atoms with Crippen molar-refractivity contribution in [2.45, 2.75) is 41.2 Å². The Morgan fingerprint density at radius 1 is 1.13 bits per heavy atom. The van der Waals surface area contributed by atoms with Gasteiger partial charge in [-0.1, -0.05) is 29.8 Å². The molecule has 1 amide bonds. The number of rotatable bonds is 4. The summed E-state index contributed by atoms with van der Waals surface area (Å²) in [5.41, 5.74) is -0.903. The molecule has 1 rings (SSSR count). The maximum Gasteiger partial charge on any atom is 0.337 e. The van der Waals surface area contributed by atoms with Crippen molar-refractivity contribution in [1.82, 2.24) is 5.06 Å². The average Bonchev–Trinajstić information content (AvgIpc) is 2.46. The van der Waals surface area contributed by atoms with Crippen molar-refractivity contribution in [3.8, 4) is 0 Å². The van der Waals surface area contributed by atoms with E-state index in [0.717, 1.165) is 5.06 Å². The van der Waals surface area contributed by atoms with Crippen LogP contribution in [-0.2, 0) is 21.0 Å². The zero-order chi connectivity index (χ0) is 17.8. The highest BCUT2D eigenvalue weighted by Crippen LogP contribution is 2.26. The SMILES string of the molecule is CC(C)(C)C(=O)ON(Cc1ccccc1Cl)C(=O)C(C)(C)CCl. The Morgan fingerprint density at radius 3 is 2.17 bits per heavy atom. The van der Waals surface area contributed by atoms with Crippen LogP contribution < -0.4 is 0 Å². The highest BCUT2D eigenvalue weighted by molar-refractivity contribution is 6.31. The van der Waals surface area contributed by atoms with Gasteiger partial charge in [0.15, 0.2) is 0 Å². The minimum atomic E-state index is -0.860. The Bertz CT molecular complexity index is 579. The van der Waals surface area contributed by atoms with Crippen molar-refractivity contribution in [1.29, 1.82) is 0 Å². The fourth-order valence-electron chi connectivity index (χ4n) is 1.56. The van der Waals surface area contributed by atoms with Gasteiger partial charge in [0.05, 0.1) is 17.4 Å². The maximum atomic E-state index is 12.7. The summed E-state index contributed by atoms with van der Waals surface area (Å²) < 4.78 is 0. The molecule has 6 heteroatoms. The number of nitrogens with zero attached hydrogens (tertiary/aromatic N) is 1. The van der Waals surface area contributed by atoms with Gasteiger partial charge in [-0.2, -0.15) is 5.06 Å². The Morgan fingerprint density at radius 2 is 1.70 bits per heavy atom. The molecule has 1 aromatic rings. The first-order chi connectivity index (χ1) is 10.5. The molecular formula is C17H23Cl2NO3. The van der Waals surface area contributed by atoms with Crippen LogP contribution in [0.2, 0.25) is 5.02 Å². The predicted octanol–water partition coefficient (Wildman–Crippen LogP) is 4.44. The summed E-state index contributed by atoms with van der Waals surface area (Å²) in [7, 11) is 0. The number of amides is 1. The molecular weight excluding hydrogens is 337 g/mol. The van der Waals surface area contributed by atoms with Gasteiger partial charge in [0.2, 0.25) is 0 Å². The van der Waals surface area contributed by atoms with Crippen molar-refractivity contribution >= 4 is 35.1 Å². The van der Waals surface area contributed by atoms with Crippen molar-refractivity contribution in [2.24, 2.45) is 10.8 Å². The van der Waals surface area contributed by atoms with Crippen LogP contribution in [-0.4, -0.2) is 22.8 Å². The molecule has 0 aliphatic carbocycles. The lowest BCUT2D eigenvalue weighted by atomic mass is 9.94. The lowest BCUT2D eigenvalue weighted by Gasteiger charge is -2.31. The van der Waals surface area contributed by atoms with E-state index in [4.69, 9.17) is 28.0 Å². The van der Waals surface area contributed by atoms with Crippen molar-refractivity contribution in [3.63, 3.8) is 0 Å². The quantitative estimate of drug-likeness (QED) is 0.589. The van der Waals surface area contributed by atoms with Gasteiger partial charge < -0.3 is 4.84 Å². The van der Waals surface area contributed by atoms with Crippen LogP contribution in [0.3, 0.4) is 0 Å². The van der Waals surface area contributed by atoms with Crippen LogP contribution in [0.25, 0.3) is 0 Å². The molecule has 0 aromatic heterocycles. The molecule has 0 N–H and O–H groups in total. The average molecular weight is 360 g/mol. The molecule has 0 spiro atoms. The van der Waals surface area contributed by atoms with Gasteiger partial charge >= 0.3 is 5.97 Å². The zero-order valence-corrected chi connectivity index (χ0v) is 15.7. The van der Waals surface area contributed by atoms with Crippen LogP contribution in [0.5, 0.6) is 0 Å². The number of benzene rings is 1. The van der Waals surface area contributed by atoms with E-state index in [2.05, 4.69) is 0 Å². The topological polar surface area (TPSA) is 46.6 Å². The smallest absolute Gasteiger partial charge is 0.337 e. The molecule has 0 bridgehead atoms. The van der Waals surface area contributed by atoms with Gasteiger partial charge in [-0.3, -0.25) is 4.79 Å². The van der Waals surface area contributed by atoms with Crippen LogP contribution in [0, 0.1) is 10.8 Å². The number of hydrogen-bond acceptors (Lipinski definition) is 3. The van der Waals surface area contributed by atoms with E-state index in [-0.39, 0.29) is 18.3 Å². The molecule has 0 saturated carbocycles. The summed E-state index contributed by atoms with van der Waals surface area (Å²) in [6.07, 6.45) is 0. The summed E-state index contributed by atoms with van der Waals surface area (Å²) in [5, 5.41) is 1.55. The Balaban J connectivity index is 3.09. The molecule has 4 nitrogen and oxygen atoms in total. The second-order valence-electron chi connectivity index (χ2n) is 7.08. The van der Waals surface area contributed by atoms with E-state index < -0.39 is 16.8 Å². The molecule has 0 radical (unpaired) electrons. The Kier molecular flexibility index (Phi) is 6.49. The molecule has 0 aliphatic heterocycles. The van der Waals surface area contributed by atoms with E-state index in [1.165, 1.54) is 0 Å². The largest absolute Gasteiger partial charge is 0.337 e. The van der Waals surface area contributed by atoms with Gasteiger partial charge in [0, 0.05) is 10.9 Å². The van der Waals surface area contributed by atoms with Crippen LogP contribution in [0.4, 0.5) is 0 Å². The number of alkyl halides is 1. The molecule has 0 heterocycles.